The fraction of sp³-hybridized carbons (Fsp3) is 0.125. The first kappa shape index (κ1) is 14.0. The van der Waals surface area contributed by atoms with Gasteiger partial charge in [0.15, 0.2) is 0 Å². The van der Waals surface area contributed by atoms with E-state index in [0.29, 0.717) is 5.75 Å². The smallest absolute Gasteiger partial charge is 0.337 e. The van der Waals surface area contributed by atoms with Crippen molar-refractivity contribution in [3.05, 3.63) is 59.9 Å². The molecule has 0 saturated heterocycles. The maximum Gasteiger partial charge on any atom is 0.337 e. The molecule has 0 aliphatic heterocycles. The van der Waals surface area contributed by atoms with Crippen molar-refractivity contribution in [3.63, 3.8) is 0 Å². The predicted octanol–water partition coefficient (Wildman–Crippen LogP) is 2.80. The molecule has 0 bridgehead atoms. The van der Waals surface area contributed by atoms with Gasteiger partial charge in [0.1, 0.15) is 12.4 Å². The lowest BCUT2D eigenvalue weighted by Gasteiger charge is -2.03. The number of hydrogen-bond donors (Lipinski definition) is 0. The quantitative estimate of drug-likeness (QED) is 0.618. The number of ether oxygens (including phenoxy) is 2. The molecule has 0 aliphatic carbocycles. The van der Waals surface area contributed by atoms with E-state index in [9.17, 15) is 4.79 Å². The summed E-state index contributed by atoms with van der Waals surface area (Å²) >= 11 is 0. The van der Waals surface area contributed by atoms with Crippen molar-refractivity contribution in [2.45, 2.75) is 0 Å². The standard InChI is InChI=1S/C16H15NO3/c1-19-12-16(18)20-15-6-4-13(5-7-15)2-3-14-8-10-17-11-9-14/h2-11H,12H2,1H3/b3-2+. The SMILES string of the molecule is COCC(=O)Oc1ccc(/C=C/c2ccncc2)cc1. The molecule has 0 spiro atoms. The van der Waals surface area contributed by atoms with Crippen molar-refractivity contribution in [3.8, 4) is 5.75 Å². The largest absolute Gasteiger partial charge is 0.425 e. The molecule has 0 radical (unpaired) electrons. The first-order chi connectivity index (χ1) is 9.78. The highest BCUT2D eigenvalue weighted by Crippen LogP contribution is 2.14. The molecule has 1 heterocycles. The van der Waals surface area contributed by atoms with Gasteiger partial charge in [-0.15, -0.1) is 0 Å². The number of aromatic nitrogens is 1. The van der Waals surface area contributed by atoms with Gasteiger partial charge in [0.2, 0.25) is 0 Å². The molecule has 4 nitrogen and oxygen atoms in total. The van der Waals surface area contributed by atoms with Gasteiger partial charge in [0.25, 0.3) is 0 Å². The van der Waals surface area contributed by atoms with Gasteiger partial charge in [-0.2, -0.15) is 0 Å². The molecule has 2 rings (SSSR count). The Hall–Kier alpha value is -2.46. The molecule has 0 aliphatic rings. The van der Waals surface area contributed by atoms with Crippen LogP contribution in [-0.4, -0.2) is 24.7 Å². The lowest BCUT2D eigenvalue weighted by atomic mass is 10.1. The molecule has 0 amide bonds. The van der Waals surface area contributed by atoms with Crippen LogP contribution in [0.3, 0.4) is 0 Å². The summed E-state index contributed by atoms with van der Waals surface area (Å²) in [5.74, 6) is 0.0979. The molecule has 4 heteroatoms. The number of nitrogens with zero attached hydrogens (tertiary/aromatic N) is 1. The van der Waals surface area contributed by atoms with Gasteiger partial charge in [-0.3, -0.25) is 4.98 Å². The Morgan fingerprint density at radius 1 is 1.05 bits per heavy atom. The van der Waals surface area contributed by atoms with Crippen LogP contribution in [0.25, 0.3) is 12.2 Å². The van der Waals surface area contributed by atoms with Crippen LogP contribution < -0.4 is 4.74 Å². The van der Waals surface area contributed by atoms with Crippen LogP contribution in [0.4, 0.5) is 0 Å². The molecule has 1 aromatic heterocycles. The van der Waals surface area contributed by atoms with Gasteiger partial charge >= 0.3 is 5.97 Å². The molecule has 0 atom stereocenters. The topological polar surface area (TPSA) is 48.4 Å². The predicted molar refractivity (Wildman–Crippen MR) is 77.1 cm³/mol. The van der Waals surface area contributed by atoms with E-state index in [1.54, 1.807) is 24.5 Å². The molecule has 0 unspecified atom stereocenters. The van der Waals surface area contributed by atoms with Crippen molar-refractivity contribution in [2.75, 3.05) is 13.7 Å². The summed E-state index contributed by atoms with van der Waals surface area (Å²) in [4.78, 5) is 15.2. The Bertz CT molecular complexity index is 576. The molecular formula is C16H15NO3. The molecular weight excluding hydrogens is 254 g/mol. The van der Waals surface area contributed by atoms with Crippen molar-refractivity contribution in [2.24, 2.45) is 0 Å². The van der Waals surface area contributed by atoms with E-state index in [-0.39, 0.29) is 6.61 Å². The first-order valence-electron chi connectivity index (χ1n) is 6.16. The number of rotatable bonds is 5. The number of esters is 1. The zero-order valence-corrected chi connectivity index (χ0v) is 11.2. The molecule has 2 aromatic rings. The average Bonchev–Trinajstić information content (AvgIpc) is 2.48. The molecule has 102 valence electrons. The Balaban J connectivity index is 1.98. The highest BCUT2D eigenvalue weighted by atomic mass is 16.6. The summed E-state index contributed by atoms with van der Waals surface area (Å²) in [5, 5.41) is 0. The summed E-state index contributed by atoms with van der Waals surface area (Å²) in [6, 6.07) is 11.1. The number of carbonyl (C=O) groups is 1. The van der Waals surface area contributed by atoms with E-state index in [0.717, 1.165) is 11.1 Å². The van der Waals surface area contributed by atoms with Gasteiger partial charge in [-0.25, -0.2) is 4.79 Å². The van der Waals surface area contributed by atoms with Crippen molar-refractivity contribution in [1.29, 1.82) is 0 Å². The molecule has 0 fully saturated rings. The number of methoxy groups -OCH3 is 1. The Labute approximate surface area is 117 Å². The average molecular weight is 269 g/mol. The van der Waals surface area contributed by atoms with Crippen LogP contribution in [0.1, 0.15) is 11.1 Å². The van der Waals surface area contributed by atoms with Crippen molar-refractivity contribution in [1.82, 2.24) is 4.98 Å². The molecule has 0 saturated carbocycles. The van der Waals surface area contributed by atoms with Crippen molar-refractivity contribution < 1.29 is 14.3 Å². The summed E-state index contributed by atoms with van der Waals surface area (Å²) in [6.45, 7) is -0.0519. The molecule has 20 heavy (non-hydrogen) atoms. The number of benzene rings is 1. The molecule has 1 aromatic carbocycles. The Kier molecular flexibility index (Phi) is 5.03. The summed E-state index contributed by atoms with van der Waals surface area (Å²) < 4.78 is 9.77. The normalized spacial score (nSPS) is 10.7. The highest BCUT2D eigenvalue weighted by molar-refractivity contribution is 5.74. The summed E-state index contributed by atoms with van der Waals surface area (Å²) in [7, 11) is 1.45. The van der Waals surface area contributed by atoms with Crippen molar-refractivity contribution >= 4 is 18.1 Å². The van der Waals surface area contributed by atoms with Gasteiger partial charge < -0.3 is 9.47 Å². The third kappa shape index (κ3) is 4.33. The van der Waals surface area contributed by atoms with Gasteiger partial charge in [0.05, 0.1) is 0 Å². The lowest BCUT2D eigenvalue weighted by Crippen LogP contribution is -2.13. The van der Waals surface area contributed by atoms with E-state index < -0.39 is 5.97 Å². The van der Waals surface area contributed by atoms with E-state index in [1.807, 2.05) is 36.4 Å². The van der Waals surface area contributed by atoms with Crippen LogP contribution in [0.5, 0.6) is 5.75 Å². The third-order valence-corrected chi connectivity index (χ3v) is 2.55. The maximum atomic E-state index is 11.2. The number of carbonyl (C=O) groups excluding carboxylic acids is 1. The minimum atomic E-state index is -0.410. The molecule has 0 N–H and O–H groups in total. The summed E-state index contributed by atoms with van der Waals surface area (Å²) in [5.41, 5.74) is 2.10. The highest BCUT2D eigenvalue weighted by Gasteiger charge is 2.02. The van der Waals surface area contributed by atoms with Crippen LogP contribution in [0, 0.1) is 0 Å². The minimum Gasteiger partial charge on any atom is -0.425 e. The van der Waals surface area contributed by atoms with Crippen LogP contribution in [0.15, 0.2) is 48.8 Å². The van der Waals surface area contributed by atoms with Gasteiger partial charge in [-0.1, -0.05) is 24.3 Å². The fourth-order valence-electron chi connectivity index (χ4n) is 1.59. The monoisotopic (exact) mass is 269 g/mol. The number of hydrogen-bond acceptors (Lipinski definition) is 4. The first-order valence-corrected chi connectivity index (χ1v) is 6.16. The van der Waals surface area contributed by atoms with Crippen LogP contribution >= 0.6 is 0 Å². The van der Waals surface area contributed by atoms with E-state index in [1.165, 1.54) is 7.11 Å². The summed E-state index contributed by atoms with van der Waals surface area (Å²) in [6.07, 6.45) is 7.47. The Morgan fingerprint density at radius 3 is 2.25 bits per heavy atom. The minimum absolute atomic E-state index is 0.0519. The zero-order chi connectivity index (χ0) is 14.2. The van der Waals surface area contributed by atoms with Gasteiger partial charge in [-0.05, 0) is 35.4 Å². The third-order valence-electron chi connectivity index (χ3n) is 2.55. The van der Waals surface area contributed by atoms with E-state index in [4.69, 9.17) is 9.47 Å². The second-order valence-corrected chi connectivity index (χ2v) is 4.09. The second-order valence-electron chi connectivity index (χ2n) is 4.09. The maximum absolute atomic E-state index is 11.2. The van der Waals surface area contributed by atoms with E-state index in [2.05, 4.69) is 4.98 Å². The lowest BCUT2D eigenvalue weighted by molar-refractivity contribution is -0.138. The number of pyridine rings is 1. The van der Waals surface area contributed by atoms with Crippen LogP contribution in [0.2, 0.25) is 0 Å². The second kappa shape index (κ2) is 7.21. The van der Waals surface area contributed by atoms with Gasteiger partial charge in [0, 0.05) is 19.5 Å². The van der Waals surface area contributed by atoms with Crippen LogP contribution in [-0.2, 0) is 9.53 Å². The fourth-order valence-corrected chi connectivity index (χ4v) is 1.59. The Morgan fingerprint density at radius 2 is 1.65 bits per heavy atom. The zero-order valence-electron chi connectivity index (χ0n) is 11.2. The van der Waals surface area contributed by atoms with E-state index >= 15 is 0 Å².